The lowest BCUT2D eigenvalue weighted by Crippen LogP contribution is -2.01. The zero-order valence-corrected chi connectivity index (χ0v) is 10.5. The molecule has 1 aliphatic carbocycles. The summed E-state index contributed by atoms with van der Waals surface area (Å²) in [6.45, 7) is 0. The molecule has 0 atom stereocenters. The van der Waals surface area contributed by atoms with Crippen molar-refractivity contribution in [2.24, 2.45) is 0 Å². The van der Waals surface area contributed by atoms with E-state index in [-0.39, 0.29) is 0 Å². The predicted molar refractivity (Wildman–Crippen MR) is 70.2 cm³/mol. The van der Waals surface area contributed by atoms with Crippen LogP contribution in [-0.2, 0) is 0 Å². The van der Waals surface area contributed by atoms with E-state index in [1.807, 2.05) is 12.3 Å². The van der Waals surface area contributed by atoms with Gasteiger partial charge in [-0.1, -0.05) is 23.2 Å². The molecule has 1 heterocycles. The number of nitrogens with zero attached hydrogens (tertiary/aromatic N) is 2. The van der Waals surface area contributed by atoms with Crippen LogP contribution in [0.25, 0.3) is 0 Å². The highest BCUT2D eigenvalue weighted by Crippen LogP contribution is 2.37. The first-order valence-corrected chi connectivity index (χ1v) is 6.24. The first-order chi connectivity index (χ1) is 8.24. The molecular weight excluding hydrogens is 257 g/mol. The van der Waals surface area contributed by atoms with Gasteiger partial charge in [-0.25, -0.2) is 4.98 Å². The molecule has 1 saturated carbocycles. The summed E-state index contributed by atoms with van der Waals surface area (Å²) in [5.74, 6) is 0.853. The number of halogens is 2. The highest BCUT2D eigenvalue weighted by atomic mass is 35.5. The van der Waals surface area contributed by atoms with Gasteiger partial charge < -0.3 is 9.88 Å². The van der Waals surface area contributed by atoms with Crippen molar-refractivity contribution in [1.82, 2.24) is 9.55 Å². The Morgan fingerprint density at radius 3 is 2.76 bits per heavy atom. The number of hydrogen-bond donors (Lipinski definition) is 1. The maximum absolute atomic E-state index is 5.97. The molecule has 0 spiro atoms. The van der Waals surface area contributed by atoms with Crippen molar-refractivity contribution >= 4 is 34.8 Å². The Bertz CT molecular complexity index is 546. The molecule has 2 aromatic rings. The fourth-order valence-electron chi connectivity index (χ4n) is 1.76. The van der Waals surface area contributed by atoms with E-state index in [4.69, 9.17) is 23.2 Å². The summed E-state index contributed by atoms with van der Waals surface area (Å²) >= 11 is 11.8. The maximum atomic E-state index is 5.97. The molecule has 3 nitrogen and oxygen atoms in total. The van der Waals surface area contributed by atoms with Crippen LogP contribution in [0.5, 0.6) is 0 Å². The Hall–Kier alpha value is -1.19. The monoisotopic (exact) mass is 267 g/mol. The highest BCUT2D eigenvalue weighted by molar-refractivity contribution is 6.42. The van der Waals surface area contributed by atoms with Crippen molar-refractivity contribution in [3.05, 3.63) is 40.6 Å². The van der Waals surface area contributed by atoms with Crippen molar-refractivity contribution in [3.63, 3.8) is 0 Å². The number of anilines is 2. The topological polar surface area (TPSA) is 29.9 Å². The lowest BCUT2D eigenvalue weighted by atomic mass is 10.3. The molecular formula is C12H11Cl2N3. The van der Waals surface area contributed by atoms with Crippen molar-refractivity contribution < 1.29 is 0 Å². The molecule has 1 N–H and O–H groups in total. The van der Waals surface area contributed by atoms with Crippen LogP contribution in [0.3, 0.4) is 0 Å². The van der Waals surface area contributed by atoms with Gasteiger partial charge in [0, 0.05) is 24.1 Å². The summed E-state index contributed by atoms with van der Waals surface area (Å²) < 4.78 is 2.16. The number of rotatable bonds is 3. The van der Waals surface area contributed by atoms with E-state index < -0.39 is 0 Å². The van der Waals surface area contributed by atoms with Crippen molar-refractivity contribution in [3.8, 4) is 0 Å². The Labute approximate surface area is 109 Å². The second-order valence-corrected chi connectivity index (χ2v) is 4.96. The first kappa shape index (κ1) is 10.9. The number of benzene rings is 1. The maximum Gasteiger partial charge on any atom is 0.207 e. The number of hydrogen-bond acceptors (Lipinski definition) is 2. The minimum absolute atomic E-state index is 0.543. The number of nitrogens with one attached hydrogen (secondary N) is 1. The molecule has 17 heavy (non-hydrogen) atoms. The van der Waals surface area contributed by atoms with Gasteiger partial charge in [0.2, 0.25) is 5.95 Å². The molecule has 0 radical (unpaired) electrons. The average Bonchev–Trinajstić information content (AvgIpc) is 3.05. The fraction of sp³-hybridized carbons (Fsp3) is 0.250. The predicted octanol–water partition coefficient (Wildman–Crippen LogP) is 4.27. The lowest BCUT2D eigenvalue weighted by Gasteiger charge is -2.09. The minimum atomic E-state index is 0.543. The summed E-state index contributed by atoms with van der Waals surface area (Å²) in [5.41, 5.74) is 0.896. The zero-order chi connectivity index (χ0) is 11.8. The van der Waals surface area contributed by atoms with Crippen molar-refractivity contribution in [1.29, 1.82) is 0 Å². The Morgan fingerprint density at radius 1 is 1.24 bits per heavy atom. The van der Waals surface area contributed by atoms with Crippen LogP contribution >= 0.6 is 23.2 Å². The van der Waals surface area contributed by atoms with E-state index in [1.54, 1.807) is 18.3 Å². The standard InChI is InChI=1S/C12H11Cl2N3/c13-10-4-1-8(7-11(10)14)16-12-15-5-6-17(12)9-2-3-9/h1,4-7,9H,2-3H2,(H,15,16). The largest absolute Gasteiger partial charge is 0.326 e. The first-order valence-electron chi connectivity index (χ1n) is 5.49. The van der Waals surface area contributed by atoms with E-state index in [0.717, 1.165) is 11.6 Å². The summed E-state index contributed by atoms with van der Waals surface area (Å²) in [4.78, 5) is 4.30. The molecule has 1 aliphatic rings. The Balaban J connectivity index is 1.85. The van der Waals surface area contributed by atoms with Gasteiger partial charge in [0.05, 0.1) is 10.0 Å². The van der Waals surface area contributed by atoms with Gasteiger partial charge in [0.15, 0.2) is 0 Å². The van der Waals surface area contributed by atoms with Gasteiger partial charge in [-0.05, 0) is 31.0 Å². The van der Waals surface area contributed by atoms with Crippen molar-refractivity contribution in [2.75, 3.05) is 5.32 Å². The van der Waals surface area contributed by atoms with E-state index in [0.29, 0.717) is 16.1 Å². The molecule has 0 bridgehead atoms. The lowest BCUT2D eigenvalue weighted by molar-refractivity contribution is 0.751. The summed E-state index contributed by atoms with van der Waals surface area (Å²) in [6.07, 6.45) is 6.26. The van der Waals surface area contributed by atoms with Gasteiger partial charge in [-0.15, -0.1) is 0 Å². The van der Waals surface area contributed by atoms with Crippen LogP contribution in [0.2, 0.25) is 10.0 Å². The highest BCUT2D eigenvalue weighted by Gasteiger charge is 2.25. The van der Waals surface area contributed by atoms with E-state index >= 15 is 0 Å². The van der Waals surface area contributed by atoms with Gasteiger partial charge in [0.25, 0.3) is 0 Å². The Kier molecular flexibility index (Phi) is 2.73. The van der Waals surface area contributed by atoms with Gasteiger partial charge >= 0.3 is 0 Å². The summed E-state index contributed by atoms with van der Waals surface area (Å²) in [7, 11) is 0. The second kappa shape index (κ2) is 4.24. The van der Waals surface area contributed by atoms with Crippen molar-refractivity contribution in [2.45, 2.75) is 18.9 Å². The minimum Gasteiger partial charge on any atom is -0.326 e. The van der Waals surface area contributed by atoms with Gasteiger partial charge in [-0.3, -0.25) is 0 Å². The molecule has 88 valence electrons. The van der Waals surface area contributed by atoms with Crippen LogP contribution in [-0.4, -0.2) is 9.55 Å². The van der Waals surface area contributed by atoms with Crippen LogP contribution < -0.4 is 5.32 Å². The smallest absolute Gasteiger partial charge is 0.207 e. The van der Waals surface area contributed by atoms with E-state index in [2.05, 4.69) is 14.9 Å². The number of aromatic nitrogens is 2. The van der Waals surface area contributed by atoms with Crippen LogP contribution in [0.4, 0.5) is 11.6 Å². The molecule has 3 rings (SSSR count). The molecule has 0 amide bonds. The normalized spacial score (nSPS) is 14.9. The van der Waals surface area contributed by atoms with E-state index in [1.165, 1.54) is 12.8 Å². The molecule has 0 aliphatic heterocycles. The number of imidazole rings is 1. The summed E-state index contributed by atoms with van der Waals surface area (Å²) in [5, 5.41) is 4.35. The van der Waals surface area contributed by atoms with Gasteiger partial charge in [-0.2, -0.15) is 0 Å². The third kappa shape index (κ3) is 2.26. The third-order valence-corrected chi connectivity index (χ3v) is 3.52. The molecule has 1 aromatic heterocycles. The molecule has 1 fully saturated rings. The molecule has 0 saturated heterocycles. The van der Waals surface area contributed by atoms with E-state index in [9.17, 15) is 0 Å². The fourth-order valence-corrected chi connectivity index (χ4v) is 2.06. The van der Waals surface area contributed by atoms with Crippen LogP contribution in [0.15, 0.2) is 30.6 Å². The summed E-state index contributed by atoms with van der Waals surface area (Å²) in [6, 6.07) is 6.06. The zero-order valence-electron chi connectivity index (χ0n) is 9.03. The van der Waals surface area contributed by atoms with Crippen LogP contribution in [0, 0.1) is 0 Å². The molecule has 0 unspecified atom stereocenters. The molecule has 5 heteroatoms. The second-order valence-electron chi connectivity index (χ2n) is 4.14. The quantitative estimate of drug-likeness (QED) is 0.900. The average molecular weight is 268 g/mol. The molecule has 1 aromatic carbocycles. The third-order valence-electron chi connectivity index (χ3n) is 2.78. The SMILES string of the molecule is Clc1ccc(Nc2nccn2C2CC2)cc1Cl. The van der Waals surface area contributed by atoms with Crippen LogP contribution in [0.1, 0.15) is 18.9 Å². The van der Waals surface area contributed by atoms with Gasteiger partial charge in [0.1, 0.15) is 0 Å². The Morgan fingerprint density at radius 2 is 2.06 bits per heavy atom.